The van der Waals surface area contributed by atoms with Gasteiger partial charge in [0.05, 0.1) is 17.4 Å². The lowest BCUT2D eigenvalue weighted by molar-refractivity contribution is 0.101. The summed E-state index contributed by atoms with van der Waals surface area (Å²) in [4.78, 5) is 24.9. The maximum absolute atomic E-state index is 12.3. The maximum atomic E-state index is 12.3. The fourth-order valence-corrected chi connectivity index (χ4v) is 2.33. The minimum absolute atomic E-state index is 0.0694. The Bertz CT molecular complexity index is 1040. The average molecular weight is 304 g/mol. The van der Waals surface area contributed by atoms with Crippen molar-refractivity contribution in [3.05, 3.63) is 60.3 Å². The zero-order valence-electron chi connectivity index (χ0n) is 12.3. The van der Waals surface area contributed by atoms with Crippen molar-refractivity contribution in [3.8, 4) is 0 Å². The second-order valence-electron chi connectivity index (χ2n) is 5.10. The molecule has 0 bridgehead atoms. The normalized spacial score (nSPS) is 11.0. The second kappa shape index (κ2) is 5.13. The van der Waals surface area contributed by atoms with Crippen LogP contribution in [0.3, 0.4) is 0 Å². The Kier molecular flexibility index (Phi) is 2.97. The topological polar surface area (TPSA) is 85.1 Å². The molecular weight excluding hydrogens is 292 g/mol. The minimum Gasteiger partial charge on any atom is -0.318 e. The summed E-state index contributed by atoms with van der Waals surface area (Å²) in [5, 5.41) is 7.89. The van der Waals surface area contributed by atoms with Crippen LogP contribution in [0, 0.1) is 6.92 Å². The van der Waals surface area contributed by atoms with Gasteiger partial charge in [0.2, 0.25) is 5.82 Å². The number of benzene rings is 1. The van der Waals surface area contributed by atoms with Crippen LogP contribution in [0.15, 0.2) is 48.8 Å². The van der Waals surface area contributed by atoms with E-state index >= 15 is 0 Å². The fourth-order valence-electron chi connectivity index (χ4n) is 2.33. The van der Waals surface area contributed by atoms with E-state index in [0.29, 0.717) is 11.5 Å². The number of aromatic nitrogens is 5. The van der Waals surface area contributed by atoms with Crippen molar-refractivity contribution < 1.29 is 4.79 Å². The van der Waals surface area contributed by atoms with Crippen molar-refractivity contribution in [2.24, 2.45) is 0 Å². The smallest absolute Gasteiger partial charge is 0.295 e. The summed E-state index contributed by atoms with van der Waals surface area (Å²) in [5.41, 5.74) is 2.32. The van der Waals surface area contributed by atoms with Gasteiger partial charge in [0.1, 0.15) is 0 Å². The zero-order chi connectivity index (χ0) is 15.8. The molecule has 0 saturated heterocycles. The lowest BCUT2D eigenvalue weighted by Crippen LogP contribution is -2.14. The van der Waals surface area contributed by atoms with Gasteiger partial charge < -0.3 is 5.32 Å². The summed E-state index contributed by atoms with van der Waals surface area (Å²) in [6.07, 6.45) is 3.24. The number of hydrogen-bond acceptors (Lipinski definition) is 5. The van der Waals surface area contributed by atoms with E-state index in [0.717, 1.165) is 16.6 Å². The highest BCUT2D eigenvalue weighted by molar-refractivity contribution is 6.02. The molecule has 0 aliphatic carbocycles. The predicted molar refractivity (Wildman–Crippen MR) is 85.2 cm³/mol. The number of rotatable bonds is 2. The molecule has 0 spiro atoms. The van der Waals surface area contributed by atoms with Gasteiger partial charge in [0.15, 0.2) is 0 Å². The summed E-state index contributed by atoms with van der Waals surface area (Å²) >= 11 is 0. The SMILES string of the molecule is Cc1ccnc2nc(C(=O)Nc3cnc4ccccc4c3)nn12. The summed E-state index contributed by atoms with van der Waals surface area (Å²) in [6.45, 7) is 1.87. The monoisotopic (exact) mass is 304 g/mol. The van der Waals surface area contributed by atoms with E-state index < -0.39 is 5.91 Å². The Morgan fingerprint density at radius 1 is 1.17 bits per heavy atom. The molecule has 0 aliphatic heterocycles. The maximum Gasteiger partial charge on any atom is 0.295 e. The van der Waals surface area contributed by atoms with Gasteiger partial charge in [-0.1, -0.05) is 18.2 Å². The number of carbonyl (C=O) groups is 1. The first-order chi connectivity index (χ1) is 11.2. The number of amides is 1. The molecule has 0 aliphatic rings. The van der Waals surface area contributed by atoms with Gasteiger partial charge in [-0.2, -0.15) is 4.98 Å². The Hall–Kier alpha value is -3.35. The highest BCUT2D eigenvalue weighted by Crippen LogP contribution is 2.16. The number of fused-ring (bicyclic) bond motifs is 2. The molecule has 112 valence electrons. The third-order valence-electron chi connectivity index (χ3n) is 3.48. The van der Waals surface area contributed by atoms with Crippen LogP contribution in [0.25, 0.3) is 16.7 Å². The van der Waals surface area contributed by atoms with E-state index in [2.05, 4.69) is 25.4 Å². The first-order valence-electron chi connectivity index (χ1n) is 7.05. The van der Waals surface area contributed by atoms with Crippen LogP contribution in [0.4, 0.5) is 5.69 Å². The van der Waals surface area contributed by atoms with Crippen LogP contribution < -0.4 is 5.32 Å². The third kappa shape index (κ3) is 2.38. The predicted octanol–water partition coefficient (Wildman–Crippen LogP) is 2.23. The molecule has 23 heavy (non-hydrogen) atoms. The van der Waals surface area contributed by atoms with Gasteiger partial charge in [-0.05, 0) is 25.1 Å². The molecule has 1 aromatic carbocycles. The molecule has 1 N–H and O–H groups in total. The van der Waals surface area contributed by atoms with Crippen LogP contribution in [-0.2, 0) is 0 Å². The van der Waals surface area contributed by atoms with Crippen LogP contribution in [0.5, 0.6) is 0 Å². The van der Waals surface area contributed by atoms with E-state index in [1.165, 1.54) is 4.52 Å². The van der Waals surface area contributed by atoms with Gasteiger partial charge in [0.25, 0.3) is 11.7 Å². The molecule has 7 heteroatoms. The van der Waals surface area contributed by atoms with Crippen molar-refractivity contribution in [2.75, 3.05) is 5.32 Å². The Balaban J connectivity index is 1.66. The third-order valence-corrected chi connectivity index (χ3v) is 3.48. The molecule has 0 atom stereocenters. The first-order valence-corrected chi connectivity index (χ1v) is 7.05. The number of pyridine rings is 1. The second-order valence-corrected chi connectivity index (χ2v) is 5.10. The van der Waals surface area contributed by atoms with Crippen LogP contribution in [-0.4, -0.2) is 30.5 Å². The standard InChI is InChI=1S/C16H12N6O/c1-10-6-7-17-16-20-14(21-22(10)16)15(23)19-12-8-11-4-2-3-5-13(11)18-9-12/h2-9H,1H3,(H,19,23). The van der Waals surface area contributed by atoms with Crippen molar-refractivity contribution in [1.82, 2.24) is 24.6 Å². The summed E-state index contributed by atoms with van der Waals surface area (Å²) in [7, 11) is 0. The van der Waals surface area contributed by atoms with Gasteiger partial charge >= 0.3 is 0 Å². The van der Waals surface area contributed by atoms with Crippen LogP contribution >= 0.6 is 0 Å². The number of anilines is 1. The van der Waals surface area contributed by atoms with E-state index in [-0.39, 0.29) is 5.82 Å². The number of carbonyl (C=O) groups excluding carboxylic acids is 1. The summed E-state index contributed by atoms with van der Waals surface area (Å²) in [6, 6.07) is 11.4. The highest BCUT2D eigenvalue weighted by atomic mass is 16.2. The van der Waals surface area contributed by atoms with E-state index in [1.54, 1.807) is 18.5 Å². The molecule has 4 rings (SSSR count). The number of nitrogens with zero attached hydrogens (tertiary/aromatic N) is 5. The molecule has 0 radical (unpaired) electrons. The summed E-state index contributed by atoms with van der Waals surface area (Å²) in [5.74, 6) is 0.0683. The first kappa shape index (κ1) is 13.3. The Morgan fingerprint density at radius 2 is 2.04 bits per heavy atom. The molecule has 0 fully saturated rings. The number of aryl methyl sites for hydroxylation is 1. The largest absolute Gasteiger partial charge is 0.318 e. The zero-order valence-corrected chi connectivity index (χ0v) is 12.3. The molecule has 3 aromatic heterocycles. The number of nitrogens with one attached hydrogen (secondary N) is 1. The van der Waals surface area contributed by atoms with E-state index in [1.807, 2.05) is 37.3 Å². The van der Waals surface area contributed by atoms with Crippen molar-refractivity contribution in [1.29, 1.82) is 0 Å². The fraction of sp³-hybridized carbons (Fsp3) is 0.0625. The van der Waals surface area contributed by atoms with Gasteiger partial charge in [-0.15, -0.1) is 5.10 Å². The van der Waals surface area contributed by atoms with Crippen molar-refractivity contribution in [3.63, 3.8) is 0 Å². The molecule has 0 saturated carbocycles. The van der Waals surface area contributed by atoms with Gasteiger partial charge in [-0.3, -0.25) is 9.78 Å². The van der Waals surface area contributed by atoms with E-state index in [4.69, 9.17) is 0 Å². The number of para-hydroxylation sites is 1. The molecule has 3 heterocycles. The molecule has 0 unspecified atom stereocenters. The summed E-state index contributed by atoms with van der Waals surface area (Å²) < 4.78 is 1.54. The minimum atomic E-state index is -0.396. The van der Waals surface area contributed by atoms with E-state index in [9.17, 15) is 4.79 Å². The quantitative estimate of drug-likeness (QED) is 0.614. The Morgan fingerprint density at radius 3 is 2.91 bits per heavy atom. The van der Waals surface area contributed by atoms with Gasteiger partial charge in [-0.25, -0.2) is 9.50 Å². The molecule has 4 aromatic rings. The van der Waals surface area contributed by atoms with Crippen LogP contribution in [0.1, 0.15) is 16.3 Å². The average Bonchev–Trinajstić information content (AvgIpc) is 3.01. The lowest BCUT2D eigenvalue weighted by Gasteiger charge is -2.03. The lowest BCUT2D eigenvalue weighted by atomic mass is 10.2. The van der Waals surface area contributed by atoms with Crippen LogP contribution in [0.2, 0.25) is 0 Å². The number of hydrogen-bond donors (Lipinski definition) is 1. The van der Waals surface area contributed by atoms with Gasteiger partial charge in [0, 0.05) is 17.3 Å². The molecule has 7 nitrogen and oxygen atoms in total. The molecular formula is C16H12N6O. The molecule has 1 amide bonds. The van der Waals surface area contributed by atoms with Crippen molar-refractivity contribution >= 4 is 28.3 Å². The Labute approximate surface area is 131 Å². The highest BCUT2D eigenvalue weighted by Gasteiger charge is 2.14. The van der Waals surface area contributed by atoms with Crippen molar-refractivity contribution in [2.45, 2.75) is 6.92 Å².